The summed E-state index contributed by atoms with van der Waals surface area (Å²) in [6, 6.07) is 1.48. The van der Waals surface area contributed by atoms with Crippen molar-refractivity contribution in [3.63, 3.8) is 0 Å². The van der Waals surface area contributed by atoms with Crippen molar-refractivity contribution in [2.24, 2.45) is 17.8 Å². The Morgan fingerprint density at radius 2 is 1.29 bits per heavy atom. The summed E-state index contributed by atoms with van der Waals surface area (Å²) in [7, 11) is 0. The van der Waals surface area contributed by atoms with Crippen molar-refractivity contribution >= 4 is 5.97 Å². The number of carbonyl (C=O) groups is 1. The summed E-state index contributed by atoms with van der Waals surface area (Å²) in [5.41, 5.74) is 0.181. The number of benzene rings is 1. The molecule has 2 saturated carbocycles. The SMILES string of the molecule is CCC1CCC(C2CCC(c3cc(F)c(OC(=O)C(F)(F)C(F)(F)C(F)(F)F)c(F)c3)CC2)CC1. The summed E-state index contributed by atoms with van der Waals surface area (Å²) in [4.78, 5) is 11.4. The lowest BCUT2D eigenvalue weighted by atomic mass is 9.68. The van der Waals surface area contributed by atoms with Gasteiger partial charge in [-0.25, -0.2) is 13.6 Å². The summed E-state index contributed by atoms with van der Waals surface area (Å²) in [6.07, 6.45) is 2.07. The molecule has 0 bridgehead atoms. The first-order valence-electron chi connectivity index (χ1n) is 11.7. The zero-order valence-electron chi connectivity index (χ0n) is 19.0. The van der Waals surface area contributed by atoms with Crippen molar-refractivity contribution in [2.45, 2.75) is 88.7 Å². The zero-order chi connectivity index (χ0) is 26.2. The van der Waals surface area contributed by atoms with Crippen LogP contribution in [0, 0.1) is 29.4 Å². The second-order valence-electron chi connectivity index (χ2n) is 9.65. The minimum atomic E-state index is -6.79. The maximum absolute atomic E-state index is 14.4. The van der Waals surface area contributed by atoms with E-state index in [1.165, 1.54) is 19.3 Å². The Kier molecular flexibility index (Phi) is 8.06. The molecule has 1 aromatic carbocycles. The van der Waals surface area contributed by atoms with E-state index in [2.05, 4.69) is 11.7 Å². The monoisotopic (exact) mass is 518 g/mol. The Labute approximate surface area is 197 Å². The third kappa shape index (κ3) is 5.58. The van der Waals surface area contributed by atoms with Gasteiger partial charge >= 0.3 is 24.0 Å². The van der Waals surface area contributed by atoms with Gasteiger partial charge in [0.1, 0.15) is 0 Å². The quantitative estimate of drug-likeness (QED) is 0.216. The Morgan fingerprint density at radius 3 is 1.71 bits per heavy atom. The van der Waals surface area contributed by atoms with Crippen molar-refractivity contribution in [1.82, 2.24) is 0 Å². The van der Waals surface area contributed by atoms with Crippen LogP contribution >= 0.6 is 0 Å². The van der Waals surface area contributed by atoms with Gasteiger partial charge in [0, 0.05) is 0 Å². The fourth-order valence-corrected chi connectivity index (χ4v) is 5.37. The summed E-state index contributed by atoms with van der Waals surface area (Å²) >= 11 is 0. The van der Waals surface area contributed by atoms with Gasteiger partial charge < -0.3 is 4.74 Å². The molecule has 0 amide bonds. The normalized spacial score (nSPS) is 26.5. The van der Waals surface area contributed by atoms with Crippen LogP contribution in [0.4, 0.5) is 39.5 Å². The summed E-state index contributed by atoms with van der Waals surface area (Å²) < 4.78 is 122. The van der Waals surface area contributed by atoms with Gasteiger partial charge in [0.2, 0.25) is 5.75 Å². The molecular formula is C24H27F9O2. The first-order chi connectivity index (χ1) is 16.2. The predicted octanol–water partition coefficient (Wildman–Crippen LogP) is 8.19. The van der Waals surface area contributed by atoms with Crippen LogP contribution in [0.1, 0.15) is 76.2 Å². The summed E-state index contributed by atoms with van der Waals surface area (Å²) in [5, 5.41) is 0. The zero-order valence-corrected chi connectivity index (χ0v) is 19.0. The van der Waals surface area contributed by atoms with Crippen LogP contribution in [-0.4, -0.2) is 24.0 Å². The van der Waals surface area contributed by atoms with Crippen LogP contribution in [0.25, 0.3) is 0 Å². The van der Waals surface area contributed by atoms with Gasteiger partial charge in [0.15, 0.2) is 11.6 Å². The van der Waals surface area contributed by atoms with Crippen LogP contribution in [0.2, 0.25) is 0 Å². The predicted molar refractivity (Wildman–Crippen MR) is 108 cm³/mol. The molecule has 2 fully saturated rings. The number of halogens is 9. The van der Waals surface area contributed by atoms with Crippen LogP contribution < -0.4 is 4.74 Å². The lowest BCUT2D eigenvalue weighted by Gasteiger charge is -2.38. The molecule has 0 unspecified atom stereocenters. The molecule has 0 N–H and O–H groups in total. The Hall–Kier alpha value is -1.94. The second-order valence-corrected chi connectivity index (χ2v) is 9.65. The summed E-state index contributed by atoms with van der Waals surface area (Å²) in [5.74, 6) is -20.0. The van der Waals surface area contributed by atoms with Gasteiger partial charge in [0.05, 0.1) is 0 Å². The third-order valence-corrected chi connectivity index (χ3v) is 7.60. The van der Waals surface area contributed by atoms with Gasteiger partial charge in [-0.15, -0.1) is 0 Å². The summed E-state index contributed by atoms with van der Waals surface area (Å²) in [6.45, 7) is 2.18. The molecule has 35 heavy (non-hydrogen) atoms. The van der Waals surface area contributed by atoms with E-state index in [9.17, 15) is 44.3 Å². The maximum Gasteiger partial charge on any atom is 0.460 e. The largest absolute Gasteiger partial charge is 0.460 e. The van der Waals surface area contributed by atoms with E-state index in [-0.39, 0.29) is 11.5 Å². The van der Waals surface area contributed by atoms with E-state index < -0.39 is 41.4 Å². The van der Waals surface area contributed by atoms with E-state index in [4.69, 9.17) is 0 Å². The molecular weight excluding hydrogens is 491 g/mol. The van der Waals surface area contributed by atoms with E-state index in [0.29, 0.717) is 24.7 Å². The average Bonchev–Trinajstić information content (AvgIpc) is 2.80. The van der Waals surface area contributed by atoms with Crippen molar-refractivity contribution in [3.05, 3.63) is 29.3 Å². The number of hydrogen-bond donors (Lipinski definition) is 0. The molecule has 0 radical (unpaired) electrons. The molecule has 11 heteroatoms. The van der Waals surface area contributed by atoms with Gasteiger partial charge in [-0.1, -0.05) is 26.2 Å². The lowest BCUT2D eigenvalue weighted by molar-refractivity contribution is -0.346. The number of carbonyl (C=O) groups excluding carboxylic acids is 1. The Morgan fingerprint density at radius 1 is 0.829 bits per heavy atom. The van der Waals surface area contributed by atoms with E-state index >= 15 is 0 Å². The highest BCUT2D eigenvalue weighted by Gasteiger charge is 2.77. The smallest absolute Gasteiger partial charge is 0.416 e. The minimum absolute atomic E-state index is 0.181. The maximum atomic E-state index is 14.4. The van der Waals surface area contributed by atoms with Crippen LogP contribution in [0.15, 0.2) is 12.1 Å². The Balaban J connectivity index is 1.66. The topological polar surface area (TPSA) is 26.3 Å². The van der Waals surface area contributed by atoms with Crippen molar-refractivity contribution in [1.29, 1.82) is 0 Å². The molecule has 3 rings (SSSR count). The standard InChI is InChI=1S/C24H27F9O2/c1-2-13-3-5-14(6-4-13)15-7-9-16(10-8-15)17-11-18(25)20(19(26)12-17)35-21(34)22(27,28)23(29,30)24(31,32)33/h11-16H,2-10H2,1H3. The fourth-order valence-electron chi connectivity index (χ4n) is 5.37. The average molecular weight is 518 g/mol. The van der Waals surface area contributed by atoms with Crippen molar-refractivity contribution in [2.75, 3.05) is 0 Å². The molecule has 2 aliphatic carbocycles. The molecule has 0 heterocycles. The highest BCUT2D eigenvalue weighted by molar-refractivity contribution is 5.81. The molecule has 0 saturated heterocycles. The molecule has 0 atom stereocenters. The lowest BCUT2D eigenvalue weighted by Crippen LogP contribution is -2.57. The number of esters is 1. The van der Waals surface area contributed by atoms with E-state index in [0.717, 1.165) is 43.7 Å². The van der Waals surface area contributed by atoms with Crippen molar-refractivity contribution in [3.8, 4) is 5.75 Å². The van der Waals surface area contributed by atoms with E-state index in [1.54, 1.807) is 0 Å². The number of ether oxygens (including phenoxy) is 1. The number of rotatable bonds is 6. The van der Waals surface area contributed by atoms with Crippen molar-refractivity contribution < 1.29 is 49.0 Å². The number of hydrogen-bond acceptors (Lipinski definition) is 2. The second kappa shape index (κ2) is 10.2. The van der Waals surface area contributed by atoms with Gasteiger partial charge in [-0.3, -0.25) is 0 Å². The number of alkyl halides is 7. The first kappa shape index (κ1) is 27.6. The van der Waals surface area contributed by atoms with Gasteiger partial charge in [0.25, 0.3) is 0 Å². The molecule has 0 spiro atoms. The Bertz CT molecular complexity index is 874. The molecule has 2 aliphatic rings. The highest BCUT2D eigenvalue weighted by atomic mass is 19.4. The fraction of sp³-hybridized carbons (Fsp3) is 0.708. The molecule has 0 aromatic heterocycles. The van der Waals surface area contributed by atoms with E-state index in [1.807, 2.05) is 0 Å². The molecule has 1 aromatic rings. The molecule has 198 valence electrons. The molecule has 0 aliphatic heterocycles. The molecule has 2 nitrogen and oxygen atoms in total. The van der Waals surface area contributed by atoms with Crippen LogP contribution in [0.5, 0.6) is 5.75 Å². The van der Waals surface area contributed by atoms with Crippen LogP contribution in [0.3, 0.4) is 0 Å². The highest BCUT2D eigenvalue weighted by Crippen LogP contribution is 2.48. The van der Waals surface area contributed by atoms with Gasteiger partial charge in [-0.2, -0.15) is 30.7 Å². The third-order valence-electron chi connectivity index (χ3n) is 7.60. The van der Waals surface area contributed by atoms with Crippen LogP contribution in [-0.2, 0) is 4.79 Å². The minimum Gasteiger partial charge on any atom is -0.416 e. The first-order valence-corrected chi connectivity index (χ1v) is 11.7. The van der Waals surface area contributed by atoms with Gasteiger partial charge in [-0.05, 0) is 79.9 Å².